The van der Waals surface area contributed by atoms with Gasteiger partial charge in [-0.25, -0.2) is 0 Å². The maximum absolute atomic E-state index is 12.4. The summed E-state index contributed by atoms with van der Waals surface area (Å²) in [6.07, 6.45) is -4.40. The Hall–Kier alpha value is -2.38. The monoisotopic (exact) mass is 316 g/mol. The van der Waals surface area contributed by atoms with Gasteiger partial charge in [-0.1, -0.05) is 0 Å². The maximum Gasteiger partial charge on any atom is 0.416 e. The number of nitrogens with one attached hydrogen (secondary N) is 1. The minimum absolute atomic E-state index is 0.0387. The van der Waals surface area contributed by atoms with Crippen LogP contribution in [0.25, 0.3) is 0 Å². The summed E-state index contributed by atoms with van der Waals surface area (Å²) in [6, 6.07) is 2.48. The van der Waals surface area contributed by atoms with Gasteiger partial charge in [0.05, 0.1) is 5.56 Å². The fraction of sp³-hybridized carbons (Fsp3) is 0.357. The predicted octanol–water partition coefficient (Wildman–Crippen LogP) is 1.66. The van der Waals surface area contributed by atoms with E-state index in [2.05, 4.69) is 5.32 Å². The molecule has 0 aliphatic heterocycles. The second-order valence-corrected chi connectivity index (χ2v) is 4.74. The standard InChI is InChI=1S/C14H15F3N2O3/c1-8(20)2-7-11(12(18)21)19-13(22)9-3-5-10(6-4-9)14(15,16)17/h3-6,11H,2,7H2,1H3,(H2,18,21)(H,19,22)/t11-/m0/s1. The Morgan fingerprint density at radius 1 is 1.18 bits per heavy atom. The number of hydrogen-bond donors (Lipinski definition) is 2. The molecule has 1 aromatic rings. The molecule has 1 aromatic carbocycles. The van der Waals surface area contributed by atoms with Crippen molar-refractivity contribution in [1.29, 1.82) is 0 Å². The molecule has 0 saturated heterocycles. The first-order valence-corrected chi connectivity index (χ1v) is 6.38. The van der Waals surface area contributed by atoms with Crippen molar-refractivity contribution in [1.82, 2.24) is 5.32 Å². The van der Waals surface area contributed by atoms with E-state index in [-0.39, 0.29) is 24.2 Å². The lowest BCUT2D eigenvalue weighted by Crippen LogP contribution is -2.44. The number of rotatable bonds is 6. The van der Waals surface area contributed by atoms with Crippen LogP contribution in [0.1, 0.15) is 35.7 Å². The van der Waals surface area contributed by atoms with Gasteiger partial charge in [-0.3, -0.25) is 9.59 Å². The number of primary amides is 1. The fourth-order valence-electron chi connectivity index (χ4n) is 1.69. The van der Waals surface area contributed by atoms with Crippen LogP contribution in [-0.4, -0.2) is 23.6 Å². The third-order valence-corrected chi connectivity index (χ3v) is 2.91. The molecule has 8 heteroatoms. The normalized spacial score (nSPS) is 12.5. The zero-order chi connectivity index (χ0) is 16.9. The molecule has 0 heterocycles. The zero-order valence-electron chi connectivity index (χ0n) is 11.7. The minimum Gasteiger partial charge on any atom is -0.368 e. The minimum atomic E-state index is -4.49. The van der Waals surface area contributed by atoms with Crippen molar-refractivity contribution >= 4 is 17.6 Å². The first kappa shape index (κ1) is 17.7. The topological polar surface area (TPSA) is 89.3 Å². The van der Waals surface area contributed by atoms with E-state index in [4.69, 9.17) is 5.73 Å². The van der Waals surface area contributed by atoms with Crippen LogP contribution < -0.4 is 11.1 Å². The summed E-state index contributed by atoms with van der Waals surface area (Å²) in [5, 5.41) is 2.30. The van der Waals surface area contributed by atoms with Gasteiger partial charge in [0.25, 0.3) is 5.91 Å². The zero-order valence-corrected chi connectivity index (χ0v) is 11.7. The molecule has 0 fully saturated rings. The average molecular weight is 316 g/mol. The maximum atomic E-state index is 12.4. The number of carbonyl (C=O) groups excluding carboxylic acids is 3. The van der Waals surface area contributed by atoms with Gasteiger partial charge in [0.1, 0.15) is 11.8 Å². The van der Waals surface area contributed by atoms with Gasteiger partial charge in [-0.2, -0.15) is 13.2 Å². The van der Waals surface area contributed by atoms with E-state index in [0.29, 0.717) is 0 Å². The lowest BCUT2D eigenvalue weighted by atomic mass is 10.1. The van der Waals surface area contributed by atoms with E-state index in [1.807, 2.05) is 0 Å². The van der Waals surface area contributed by atoms with Crippen LogP contribution >= 0.6 is 0 Å². The number of amides is 2. The summed E-state index contributed by atoms with van der Waals surface area (Å²) in [5.41, 5.74) is 4.19. The third-order valence-electron chi connectivity index (χ3n) is 2.91. The van der Waals surface area contributed by atoms with Gasteiger partial charge in [-0.15, -0.1) is 0 Å². The highest BCUT2D eigenvalue weighted by Crippen LogP contribution is 2.29. The Balaban J connectivity index is 2.77. The molecule has 5 nitrogen and oxygen atoms in total. The van der Waals surface area contributed by atoms with Crippen LogP contribution in [0, 0.1) is 0 Å². The van der Waals surface area contributed by atoms with E-state index < -0.39 is 29.6 Å². The highest BCUT2D eigenvalue weighted by molar-refractivity contribution is 5.97. The molecule has 0 aliphatic rings. The van der Waals surface area contributed by atoms with E-state index in [1.165, 1.54) is 6.92 Å². The lowest BCUT2D eigenvalue weighted by Gasteiger charge is -2.15. The summed E-state index contributed by atoms with van der Waals surface area (Å²) in [7, 11) is 0. The van der Waals surface area contributed by atoms with Crippen molar-refractivity contribution < 1.29 is 27.6 Å². The molecule has 1 atom stereocenters. The Bertz CT molecular complexity index is 568. The molecule has 0 bridgehead atoms. The van der Waals surface area contributed by atoms with Crippen molar-refractivity contribution in [3.05, 3.63) is 35.4 Å². The quantitative estimate of drug-likeness (QED) is 0.836. The molecule has 120 valence electrons. The second kappa shape index (κ2) is 7.06. The van der Waals surface area contributed by atoms with Crippen molar-refractivity contribution in [3.63, 3.8) is 0 Å². The second-order valence-electron chi connectivity index (χ2n) is 4.74. The summed E-state index contributed by atoms with van der Waals surface area (Å²) in [6.45, 7) is 1.33. The highest BCUT2D eigenvalue weighted by Gasteiger charge is 2.30. The number of alkyl halides is 3. The number of carbonyl (C=O) groups is 3. The highest BCUT2D eigenvalue weighted by atomic mass is 19.4. The summed E-state index contributed by atoms with van der Waals surface area (Å²) < 4.78 is 37.3. The molecule has 1 rings (SSSR count). The number of halogens is 3. The smallest absolute Gasteiger partial charge is 0.368 e. The molecular formula is C14H15F3N2O3. The molecule has 0 saturated carbocycles. The number of Topliss-reactive ketones (excluding diaryl/α,β-unsaturated/α-hetero) is 1. The van der Waals surface area contributed by atoms with Gasteiger partial charge >= 0.3 is 6.18 Å². The first-order chi connectivity index (χ1) is 10.1. The Kier molecular flexibility index (Phi) is 5.67. The number of nitrogens with two attached hydrogens (primary N) is 1. The lowest BCUT2D eigenvalue weighted by molar-refractivity contribution is -0.137. The molecular weight excluding hydrogens is 301 g/mol. The van der Waals surface area contributed by atoms with Crippen molar-refractivity contribution in [3.8, 4) is 0 Å². The van der Waals surface area contributed by atoms with Crippen LogP contribution in [0.15, 0.2) is 24.3 Å². The Morgan fingerprint density at radius 2 is 1.73 bits per heavy atom. The molecule has 3 N–H and O–H groups in total. The van der Waals surface area contributed by atoms with Gasteiger partial charge < -0.3 is 15.8 Å². The predicted molar refractivity (Wildman–Crippen MR) is 71.8 cm³/mol. The van der Waals surface area contributed by atoms with Crippen LogP contribution in [0.5, 0.6) is 0 Å². The number of benzene rings is 1. The van der Waals surface area contributed by atoms with Gasteiger partial charge in [0, 0.05) is 12.0 Å². The average Bonchev–Trinajstić information content (AvgIpc) is 2.41. The van der Waals surface area contributed by atoms with Gasteiger partial charge in [0.2, 0.25) is 5.91 Å². The molecule has 0 unspecified atom stereocenters. The van der Waals surface area contributed by atoms with Gasteiger partial charge in [0.15, 0.2) is 0 Å². The summed E-state index contributed by atoms with van der Waals surface area (Å²) in [5.74, 6) is -1.72. The number of ketones is 1. The molecule has 0 aliphatic carbocycles. The number of hydrogen-bond acceptors (Lipinski definition) is 3. The first-order valence-electron chi connectivity index (χ1n) is 6.38. The third kappa shape index (κ3) is 5.19. The summed E-state index contributed by atoms with van der Waals surface area (Å²) in [4.78, 5) is 34.0. The molecule has 0 spiro atoms. The van der Waals surface area contributed by atoms with E-state index in [0.717, 1.165) is 24.3 Å². The molecule has 2 amide bonds. The fourth-order valence-corrected chi connectivity index (χ4v) is 1.69. The van der Waals surface area contributed by atoms with Crippen molar-refractivity contribution in [2.45, 2.75) is 32.0 Å². The van der Waals surface area contributed by atoms with Gasteiger partial charge in [-0.05, 0) is 37.6 Å². The SMILES string of the molecule is CC(=O)CC[C@H](NC(=O)c1ccc(C(F)(F)F)cc1)C(N)=O. The molecule has 0 aromatic heterocycles. The van der Waals surface area contributed by atoms with Crippen molar-refractivity contribution in [2.24, 2.45) is 5.73 Å². The molecule has 0 radical (unpaired) electrons. The van der Waals surface area contributed by atoms with Crippen LogP contribution in [-0.2, 0) is 15.8 Å². The van der Waals surface area contributed by atoms with E-state index in [9.17, 15) is 27.6 Å². The van der Waals surface area contributed by atoms with E-state index >= 15 is 0 Å². The molecule has 22 heavy (non-hydrogen) atoms. The van der Waals surface area contributed by atoms with Crippen LogP contribution in [0.2, 0.25) is 0 Å². The van der Waals surface area contributed by atoms with E-state index in [1.54, 1.807) is 0 Å². The van der Waals surface area contributed by atoms with Crippen LogP contribution in [0.3, 0.4) is 0 Å². The van der Waals surface area contributed by atoms with Crippen molar-refractivity contribution in [2.75, 3.05) is 0 Å². The summed E-state index contributed by atoms with van der Waals surface area (Å²) >= 11 is 0. The Labute approximate surface area is 124 Å². The largest absolute Gasteiger partial charge is 0.416 e. The van der Waals surface area contributed by atoms with Crippen LogP contribution in [0.4, 0.5) is 13.2 Å². The Morgan fingerprint density at radius 3 is 2.14 bits per heavy atom.